The molecule has 0 aliphatic carbocycles. The number of benzene rings is 2. The lowest BCUT2D eigenvalue weighted by atomic mass is 9.97. The first kappa shape index (κ1) is 29.9. The Kier molecular flexibility index (Phi) is 12.1. The molecule has 2 aromatic rings. The number of carboxylic acids is 1. The van der Waals surface area contributed by atoms with Crippen LogP contribution >= 0.6 is 12.6 Å². The van der Waals surface area contributed by atoms with Crippen molar-refractivity contribution >= 4 is 36.3 Å². The van der Waals surface area contributed by atoms with Crippen molar-refractivity contribution in [2.75, 3.05) is 5.75 Å². The van der Waals surface area contributed by atoms with E-state index in [4.69, 9.17) is 5.73 Å². The minimum absolute atomic E-state index is 0.0940. The average Bonchev–Trinajstić information content (AvgIpc) is 2.90. The number of thiol groups is 1. The molecule has 9 nitrogen and oxygen atoms in total. The number of nitrogens with two attached hydrogens (primary N) is 1. The van der Waals surface area contributed by atoms with Crippen LogP contribution in [0.15, 0.2) is 60.7 Å². The molecule has 0 spiro atoms. The maximum Gasteiger partial charge on any atom is 0.326 e. The van der Waals surface area contributed by atoms with Gasteiger partial charge in [-0.15, -0.1) is 0 Å². The van der Waals surface area contributed by atoms with Crippen LogP contribution in [0.25, 0.3) is 0 Å². The van der Waals surface area contributed by atoms with Crippen LogP contribution < -0.4 is 21.7 Å². The number of hydrogen-bond acceptors (Lipinski definition) is 6. The van der Waals surface area contributed by atoms with Gasteiger partial charge in [-0.25, -0.2) is 4.79 Å². The fraction of sp³-hybridized carbons (Fsp3) is 0.407. The van der Waals surface area contributed by atoms with E-state index in [1.807, 2.05) is 67.6 Å². The first-order valence-corrected chi connectivity index (χ1v) is 12.9. The summed E-state index contributed by atoms with van der Waals surface area (Å²) < 4.78 is 0. The van der Waals surface area contributed by atoms with Gasteiger partial charge in [-0.2, -0.15) is 12.6 Å². The third kappa shape index (κ3) is 9.55. The van der Waals surface area contributed by atoms with Crippen LogP contribution in [-0.2, 0) is 32.0 Å². The summed E-state index contributed by atoms with van der Waals surface area (Å²) in [5.74, 6) is -3.13. The van der Waals surface area contributed by atoms with Crippen LogP contribution in [0.1, 0.15) is 31.4 Å². The zero-order chi connectivity index (χ0) is 27.4. The van der Waals surface area contributed by atoms with E-state index in [2.05, 4.69) is 28.6 Å². The van der Waals surface area contributed by atoms with Gasteiger partial charge in [-0.1, -0.05) is 80.9 Å². The van der Waals surface area contributed by atoms with Crippen molar-refractivity contribution in [3.63, 3.8) is 0 Å². The predicted octanol–water partition coefficient (Wildman–Crippen LogP) is 1.31. The van der Waals surface area contributed by atoms with Crippen molar-refractivity contribution in [3.05, 3.63) is 71.8 Å². The molecule has 10 heteroatoms. The van der Waals surface area contributed by atoms with Crippen LogP contribution in [0.4, 0.5) is 0 Å². The number of carbonyl (C=O) groups is 4. The quantitative estimate of drug-likeness (QED) is 0.204. The van der Waals surface area contributed by atoms with Gasteiger partial charge >= 0.3 is 5.97 Å². The van der Waals surface area contributed by atoms with E-state index in [0.717, 1.165) is 11.1 Å². The molecule has 0 saturated heterocycles. The summed E-state index contributed by atoms with van der Waals surface area (Å²) in [4.78, 5) is 51.0. The van der Waals surface area contributed by atoms with Gasteiger partial charge in [0.05, 0.1) is 6.04 Å². The molecule has 0 saturated carbocycles. The third-order valence-corrected chi connectivity index (χ3v) is 6.53. The zero-order valence-corrected chi connectivity index (χ0v) is 22.0. The van der Waals surface area contributed by atoms with Crippen LogP contribution in [-0.4, -0.2) is 58.7 Å². The summed E-state index contributed by atoms with van der Waals surface area (Å²) in [5, 5.41) is 17.6. The van der Waals surface area contributed by atoms with Gasteiger partial charge < -0.3 is 26.8 Å². The molecule has 0 aromatic heterocycles. The lowest BCUT2D eigenvalue weighted by Crippen LogP contribution is -2.58. The molecule has 0 bridgehead atoms. The number of aliphatic carboxylic acids is 1. The lowest BCUT2D eigenvalue weighted by Gasteiger charge is -2.26. The molecular formula is C27H36N4O5S. The van der Waals surface area contributed by atoms with Crippen LogP contribution in [0.3, 0.4) is 0 Å². The fourth-order valence-electron chi connectivity index (χ4n) is 3.69. The Morgan fingerprint density at radius 1 is 0.811 bits per heavy atom. The maximum atomic E-state index is 13.4. The molecule has 6 N–H and O–H groups in total. The molecule has 0 aliphatic heterocycles. The molecule has 5 atom stereocenters. The van der Waals surface area contributed by atoms with Crippen LogP contribution in [0.2, 0.25) is 0 Å². The van der Waals surface area contributed by atoms with Gasteiger partial charge in [-0.05, 0) is 17.0 Å². The van der Waals surface area contributed by atoms with Crippen molar-refractivity contribution < 1.29 is 24.3 Å². The van der Waals surface area contributed by atoms with Gasteiger partial charge in [0.15, 0.2) is 0 Å². The number of amides is 3. The summed E-state index contributed by atoms with van der Waals surface area (Å²) in [6, 6.07) is 14.1. The highest BCUT2D eigenvalue weighted by molar-refractivity contribution is 7.80. The second-order valence-electron chi connectivity index (χ2n) is 9.00. The molecule has 37 heavy (non-hydrogen) atoms. The highest BCUT2D eigenvalue weighted by Crippen LogP contribution is 2.11. The minimum Gasteiger partial charge on any atom is -0.480 e. The molecule has 200 valence electrons. The highest BCUT2D eigenvalue weighted by Gasteiger charge is 2.32. The maximum absolute atomic E-state index is 13.4. The Bertz CT molecular complexity index is 1040. The van der Waals surface area contributed by atoms with E-state index in [0.29, 0.717) is 6.42 Å². The number of nitrogens with one attached hydrogen (secondary N) is 3. The minimum atomic E-state index is -1.15. The van der Waals surface area contributed by atoms with Gasteiger partial charge in [0.2, 0.25) is 17.7 Å². The topological polar surface area (TPSA) is 151 Å². The highest BCUT2D eigenvalue weighted by atomic mass is 32.1. The molecule has 0 radical (unpaired) electrons. The summed E-state index contributed by atoms with van der Waals surface area (Å²) in [5.41, 5.74) is 7.37. The van der Waals surface area contributed by atoms with Crippen LogP contribution in [0.5, 0.6) is 0 Å². The summed E-state index contributed by atoms with van der Waals surface area (Å²) in [7, 11) is 0. The number of rotatable bonds is 14. The molecule has 2 aromatic carbocycles. The molecule has 5 unspecified atom stereocenters. The normalized spacial score (nSPS) is 14.9. The van der Waals surface area contributed by atoms with E-state index in [1.165, 1.54) is 0 Å². The van der Waals surface area contributed by atoms with Gasteiger partial charge in [0.25, 0.3) is 0 Å². The third-order valence-electron chi connectivity index (χ3n) is 6.14. The Balaban J connectivity index is 2.30. The Hall–Kier alpha value is -3.37. The number of carbonyl (C=O) groups excluding carboxylic acids is 3. The molecule has 0 heterocycles. The summed E-state index contributed by atoms with van der Waals surface area (Å²) in [6.45, 7) is 3.57. The first-order chi connectivity index (χ1) is 17.7. The SMILES string of the molecule is CCC(C)C(NC(=O)C(Cc1ccccc1)NC(=O)C(Cc1ccccc1)NC(=O)C(N)CS)C(=O)O. The number of carboxylic acid groups (broad SMARTS) is 1. The van der Waals surface area contributed by atoms with E-state index >= 15 is 0 Å². The zero-order valence-electron chi connectivity index (χ0n) is 21.1. The van der Waals surface area contributed by atoms with E-state index in [1.54, 1.807) is 6.92 Å². The van der Waals surface area contributed by atoms with Crippen molar-refractivity contribution in [1.82, 2.24) is 16.0 Å². The number of hydrogen-bond donors (Lipinski definition) is 6. The first-order valence-electron chi connectivity index (χ1n) is 12.2. The van der Waals surface area contributed by atoms with Crippen molar-refractivity contribution in [1.29, 1.82) is 0 Å². The Morgan fingerprint density at radius 3 is 1.65 bits per heavy atom. The molecular weight excluding hydrogens is 492 g/mol. The largest absolute Gasteiger partial charge is 0.480 e. The smallest absolute Gasteiger partial charge is 0.326 e. The molecule has 3 amide bonds. The van der Waals surface area contributed by atoms with Gasteiger partial charge in [0, 0.05) is 18.6 Å². The van der Waals surface area contributed by atoms with E-state index in [-0.39, 0.29) is 24.5 Å². The van der Waals surface area contributed by atoms with E-state index < -0.39 is 47.9 Å². The summed E-state index contributed by atoms with van der Waals surface area (Å²) >= 11 is 4.05. The lowest BCUT2D eigenvalue weighted by molar-refractivity contribution is -0.143. The molecule has 0 aliphatic rings. The molecule has 2 rings (SSSR count). The fourth-order valence-corrected chi connectivity index (χ4v) is 3.85. The Morgan fingerprint density at radius 2 is 1.24 bits per heavy atom. The average molecular weight is 529 g/mol. The monoisotopic (exact) mass is 528 g/mol. The second kappa shape index (κ2) is 15.0. The van der Waals surface area contributed by atoms with Crippen molar-refractivity contribution in [2.24, 2.45) is 11.7 Å². The van der Waals surface area contributed by atoms with Gasteiger partial charge in [0.1, 0.15) is 18.1 Å². The van der Waals surface area contributed by atoms with Crippen LogP contribution in [0, 0.1) is 5.92 Å². The van der Waals surface area contributed by atoms with Crippen molar-refractivity contribution in [3.8, 4) is 0 Å². The predicted molar refractivity (Wildman–Crippen MR) is 145 cm³/mol. The second-order valence-corrected chi connectivity index (χ2v) is 9.37. The molecule has 0 fully saturated rings. The standard InChI is InChI=1S/C27H36N4O5S/c1-3-17(2)23(27(35)36)31-26(34)22(15-19-12-8-5-9-13-19)30-25(33)21(29-24(32)20(28)16-37)14-18-10-6-4-7-11-18/h4-13,17,20-23,37H,3,14-16,28H2,1-2H3,(H,29,32)(H,30,33)(H,31,34)(H,35,36). The van der Waals surface area contributed by atoms with E-state index in [9.17, 15) is 24.3 Å². The summed E-state index contributed by atoms with van der Waals surface area (Å²) in [6.07, 6.45) is 0.846. The van der Waals surface area contributed by atoms with Gasteiger partial charge in [-0.3, -0.25) is 14.4 Å². The Labute approximate surface area is 223 Å². The van der Waals surface area contributed by atoms with Crippen molar-refractivity contribution in [2.45, 2.75) is 57.3 Å².